The zero-order valence-corrected chi connectivity index (χ0v) is 15.5. The maximum absolute atomic E-state index is 13.0. The summed E-state index contributed by atoms with van der Waals surface area (Å²) in [7, 11) is 4.10. The molecular weight excluding hydrogens is 328 g/mol. The lowest BCUT2D eigenvalue weighted by atomic mass is 9.40. The highest BCUT2D eigenvalue weighted by Crippen LogP contribution is 2.72. The summed E-state index contributed by atoms with van der Waals surface area (Å²) in [6.07, 6.45) is 6.96. The Bertz CT molecular complexity index is 408. The third-order valence-electron chi connectivity index (χ3n) is 5.85. The summed E-state index contributed by atoms with van der Waals surface area (Å²) < 4.78 is 0.199. The topological polar surface area (TPSA) is 32.3 Å². The van der Waals surface area contributed by atoms with Crippen LogP contribution in [0.3, 0.4) is 0 Å². The number of rotatable bonds is 4. The van der Waals surface area contributed by atoms with Crippen molar-refractivity contribution >= 4 is 21.8 Å². The fourth-order valence-electron chi connectivity index (χ4n) is 6.37. The van der Waals surface area contributed by atoms with Crippen molar-refractivity contribution in [2.24, 2.45) is 16.2 Å². The van der Waals surface area contributed by atoms with Crippen LogP contribution in [0.1, 0.15) is 52.4 Å². The number of amides is 1. The molecule has 4 aliphatic carbocycles. The smallest absolute Gasteiger partial charge is 0.226 e. The molecule has 0 aromatic rings. The van der Waals surface area contributed by atoms with Gasteiger partial charge in [0.1, 0.15) is 0 Å². The second-order valence-electron chi connectivity index (χ2n) is 9.17. The highest BCUT2D eigenvalue weighted by molar-refractivity contribution is 9.10. The average molecular weight is 357 g/mol. The summed E-state index contributed by atoms with van der Waals surface area (Å²) in [5.41, 5.74) is 0.547. The van der Waals surface area contributed by atoms with E-state index in [1.165, 1.54) is 19.3 Å². The van der Waals surface area contributed by atoms with E-state index in [-0.39, 0.29) is 9.74 Å². The van der Waals surface area contributed by atoms with E-state index in [0.29, 0.717) is 16.7 Å². The quantitative estimate of drug-likeness (QED) is 0.784. The molecule has 0 unspecified atom stereocenters. The molecule has 3 nitrogen and oxygen atoms in total. The molecule has 4 saturated carbocycles. The number of halogens is 1. The summed E-state index contributed by atoms with van der Waals surface area (Å²) in [6.45, 7) is 6.48. The van der Waals surface area contributed by atoms with Gasteiger partial charge < -0.3 is 10.2 Å². The van der Waals surface area contributed by atoms with Crippen LogP contribution >= 0.6 is 15.9 Å². The maximum atomic E-state index is 13.0. The van der Waals surface area contributed by atoms with Gasteiger partial charge in [-0.05, 0) is 63.5 Å². The largest absolute Gasteiger partial charge is 0.354 e. The third-order valence-corrected chi connectivity index (χ3v) is 6.69. The molecule has 0 saturated heterocycles. The highest BCUT2D eigenvalue weighted by Gasteiger charge is 2.67. The van der Waals surface area contributed by atoms with Crippen molar-refractivity contribution in [2.75, 3.05) is 27.2 Å². The molecule has 2 atom stereocenters. The predicted octanol–water partition coefficient (Wildman–Crippen LogP) is 3.18. The first-order chi connectivity index (χ1) is 9.58. The molecule has 120 valence electrons. The second-order valence-corrected chi connectivity index (χ2v) is 10.9. The number of carbonyl (C=O) groups is 1. The van der Waals surface area contributed by atoms with Crippen LogP contribution in [0, 0.1) is 16.2 Å². The first kappa shape index (κ1) is 15.8. The number of hydrogen-bond donors (Lipinski definition) is 1. The minimum Gasteiger partial charge on any atom is -0.354 e. The van der Waals surface area contributed by atoms with Crippen LogP contribution < -0.4 is 5.32 Å². The predicted molar refractivity (Wildman–Crippen MR) is 89.6 cm³/mol. The monoisotopic (exact) mass is 356 g/mol. The van der Waals surface area contributed by atoms with Gasteiger partial charge >= 0.3 is 0 Å². The van der Waals surface area contributed by atoms with Crippen LogP contribution in [0.15, 0.2) is 0 Å². The van der Waals surface area contributed by atoms with Crippen molar-refractivity contribution in [2.45, 2.75) is 56.7 Å². The fraction of sp³-hybridized carbons (Fsp3) is 0.941. The van der Waals surface area contributed by atoms with Gasteiger partial charge in [-0.15, -0.1) is 0 Å². The summed E-state index contributed by atoms with van der Waals surface area (Å²) in [6, 6.07) is 0. The Hall–Kier alpha value is -0.0900. The van der Waals surface area contributed by atoms with Crippen LogP contribution in [0.2, 0.25) is 0 Å². The Balaban J connectivity index is 1.79. The van der Waals surface area contributed by atoms with Crippen molar-refractivity contribution in [3.63, 3.8) is 0 Å². The zero-order chi connectivity index (χ0) is 15.5. The van der Waals surface area contributed by atoms with Crippen LogP contribution in [0.4, 0.5) is 0 Å². The Morgan fingerprint density at radius 1 is 1.05 bits per heavy atom. The molecule has 0 aromatic heterocycles. The lowest BCUT2D eigenvalue weighted by Gasteiger charge is -2.67. The van der Waals surface area contributed by atoms with E-state index in [0.717, 1.165) is 32.4 Å². The molecule has 21 heavy (non-hydrogen) atoms. The average Bonchev–Trinajstić information content (AvgIpc) is 2.21. The van der Waals surface area contributed by atoms with Gasteiger partial charge in [0, 0.05) is 17.4 Å². The molecule has 0 heterocycles. The zero-order valence-electron chi connectivity index (χ0n) is 13.9. The highest BCUT2D eigenvalue weighted by atomic mass is 79.9. The van der Waals surface area contributed by atoms with E-state index in [1.54, 1.807) is 0 Å². The number of nitrogens with zero attached hydrogens (tertiary/aromatic N) is 1. The van der Waals surface area contributed by atoms with Crippen molar-refractivity contribution in [3.8, 4) is 0 Å². The Labute approximate surface area is 137 Å². The van der Waals surface area contributed by atoms with Crippen molar-refractivity contribution < 1.29 is 4.79 Å². The van der Waals surface area contributed by atoms with E-state index in [1.807, 2.05) is 14.1 Å². The summed E-state index contributed by atoms with van der Waals surface area (Å²) in [5, 5.41) is 3.22. The number of alkyl halides is 1. The SMILES string of the molecule is CN(C)CCNC(=O)C12CC3(Br)C[C@](C)(C1)C[C@](C)(C3)C2. The van der Waals surface area contributed by atoms with Crippen LogP contribution in [0.5, 0.6) is 0 Å². The number of likely N-dealkylation sites (N-methyl/N-ethyl adjacent to an activating group) is 1. The summed E-state index contributed by atoms with van der Waals surface area (Å²) >= 11 is 4.03. The van der Waals surface area contributed by atoms with Crippen molar-refractivity contribution in [1.82, 2.24) is 10.2 Å². The fourth-order valence-corrected chi connectivity index (χ4v) is 8.26. The normalized spacial score (nSPS) is 47.9. The van der Waals surface area contributed by atoms with Gasteiger partial charge in [0.2, 0.25) is 5.91 Å². The molecule has 4 bridgehead atoms. The van der Waals surface area contributed by atoms with E-state index in [9.17, 15) is 4.79 Å². The van der Waals surface area contributed by atoms with Crippen LogP contribution in [-0.4, -0.2) is 42.3 Å². The standard InChI is InChI=1S/C17H29BrN2O/c1-14-7-15(2)9-16(8-14,12-17(18,10-14)11-15)13(21)19-5-6-20(3)4/h5-12H2,1-4H3,(H,19,21)/t14-,15-,16?,17?/m0/s1. The van der Waals surface area contributed by atoms with Gasteiger partial charge in [-0.2, -0.15) is 0 Å². The van der Waals surface area contributed by atoms with E-state index < -0.39 is 0 Å². The van der Waals surface area contributed by atoms with Crippen molar-refractivity contribution in [3.05, 3.63) is 0 Å². The molecule has 0 radical (unpaired) electrons. The lowest BCUT2D eigenvalue weighted by molar-refractivity contribution is -0.163. The number of nitrogens with one attached hydrogen (secondary N) is 1. The summed E-state index contributed by atoms with van der Waals surface area (Å²) in [4.78, 5) is 15.1. The molecule has 4 heteroatoms. The Kier molecular flexibility index (Phi) is 3.54. The summed E-state index contributed by atoms with van der Waals surface area (Å²) in [5.74, 6) is 0.310. The van der Waals surface area contributed by atoms with E-state index >= 15 is 0 Å². The van der Waals surface area contributed by atoms with Crippen LogP contribution in [0.25, 0.3) is 0 Å². The van der Waals surface area contributed by atoms with Gasteiger partial charge in [0.05, 0.1) is 5.41 Å². The Morgan fingerprint density at radius 2 is 1.62 bits per heavy atom. The van der Waals surface area contributed by atoms with Gasteiger partial charge in [0.15, 0.2) is 0 Å². The first-order valence-corrected chi connectivity index (χ1v) is 8.99. The minimum atomic E-state index is -0.131. The molecule has 1 N–H and O–H groups in total. The molecule has 4 fully saturated rings. The van der Waals surface area contributed by atoms with Gasteiger partial charge in [-0.3, -0.25) is 4.79 Å². The minimum absolute atomic E-state index is 0.131. The first-order valence-electron chi connectivity index (χ1n) is 8.20. The second kappa shape index (κ2) is 4.70. The molecule has 4 rings (SSSR count). The van der Waals surface area contributed by atoms with Crippen molar-refractivity contribution in [1.29, 1.82) is 0 Å². The molecule has 4 aliphatic rings. The maximum Gasteiger partial charge on any atom is 0.226 e. The van der Waals surface area contributed by atoms with E-state index in [2.05, 4.69) is 40.0 Å². The molecule has 0 aromatic carbocycles. The molecule has 0 spiro atoms. The van der Waals surface area contributed by atoms with Gasteiger partial charge in [0.25, 0.3) is 0 Å². The van der Waals surface area contributed by atoms with Crippen LogP contribution in [-0.2, 0) is 4.79 Å². The number of hydrogen-bond acceptors (Lipinski definition) is 2. The Morgan fingerprint density at radius 3 is 2.10 bits per heavy atom. The van der Waals surface area contributed by atoms with Gasteiger partial charge in [-0.1, -0.05) is 29.8 Å². The van der Waals surface area contributed by atoms with Gasteiger partial charge in [-0.25, -0.2) is 0 Å². The number of carbonyl (C=O) groups excluding carboxylic acids is 1. The van der Waals surface area contributed by atoms with E-state index in [4.69, 9.17) is 0 Å². The molecular formula is C17H29BrN2O. The molecule has 1 amide bonds. The molecule has 0 aliphatic heterocycles. The lowest BCUT2D eigenvalue weighted by Crippen LogP contribution is -2.64. The third kappa shape index (κ3) is 2.78.